The highest BCUT2D eigenvalue weighted by molar-refractivity contribution is 5.68. The standard InChI is InChI=1S/C24H30FN5O2/c1-4-5-14-30-24(27-28-29-30)23(19-8-6-17(7-9-19)16(2)3)26-21(15-22(31)32)18-10-12-20(25)13-11-18/h6-13,16,21,23,26H,4-5,14-15H2,1-3H3,(H,31,32). The summed E-state index contributed by atoms with van der Waals surface area (Å²) in [6.45, 7) is 7.03. The first-order valence-corrected chi connectivity index (χ1v) is 11.0. The average Bonchev–Trinajstić information content (AvgIpc) is 3.23. The van der Waals surface area contributed by atoms with Gasteiger partial charge in [0.05, 0.1) is 12.5 Å². The van der Waals surface area contributed by atoms with Crippen molar-refractivity contribution in [3.8, 4) is 0 Å². The third-order valence-electron chi connectivity index (χ3n) is 5.50. The number of hydrogen-bond acceptors (Lipinski definition) is 5. The van der Waals surface area contributed by atoms with Crippen LogP contribution in [0.3, 0.4) is 0 Å². The Hall–Kier alpha value is -3.13. The first-order valence-electron chi connectivity index (χ1n) is 11.0. The van der Waals surface area contributed by atoms with Crippen LogP contribution in [0, 0.1) is 5.82 Å². The maximum Gasteiger partial charge on any atom is 0.305 e. The number of unbranched alkanes of at least 4 members (excludes halogenated alkanes) is 1. The van der Waals surface area contributed by atoms with Crippen molar-refractivity contribution in [2.75, 3.05) is 0 Å². The van der Waals surface area contributed by atoms with Gasteiger partial charge in [0.25, 0.3) is 0 Å². The molecule has 8 heteroatoms. The van der Waals surface area contributed by atoms with Crippen molar-refractivity contribution in [1.29, 1.82) is 0 Å². The third kappa shape index (κ3) is 5.97. The topological polar surface area (TPSA) is 92.9 Å². The van der Waals surface area contributed by atoms with E-state index in [1.165, 1.54) is 17.7 Å². The van der Waals surface area contributed by atoms with E-state index < -0.39 is 18.1 Å². The SMILES string of the molecule is CCCCn1nnnc1C(NC(CC(=O)O)c1ccc(F)cc1)c1ccc(C(C)C)cc1. The van der Waals surface area contributed by atoms with Gasteiger partial charge >= 0.3 is 5.97 Å². The van der Waals surface area contributed by atoms with E-state index in [4.69, 9.17) is 0 Å². The number of carboxylic acids is 1. The highest BCUT2D eigenvalue weighted by Gasteiger charge is 2.26. The van der Waals surface area contributed by atoms with E-state index in [0.717, 1.165) is 18.4 Å². The number of carbonyl (C=O) groups is 1. The molecule has 170 valence electrons. The van der Waals surface area contributed by atoms with Crippen LogP contribution < -0.4 is 5.32 Å². The lowest BCUT2D eigenvalue weighted by Gasteiger charge is -2.25. The van der Waals surface area contributed by atoms with Crippen LogP contribution in [0.1, 0.15) is 80.6 Å². The number of aryl methyl sites for hydroxylation is 1. The van der Waals surface area contributed by atoms with Crippen LogP contribution in [0.15, 0.2) is 48.5 Å². The summed E-state index contributed by atoms with van der Waals surface area (Å²) in [6.07, 6.45) is 1.76. The smallest absolute Gasteiger partial charge is 0.305 e. The summed E-state index contributed by atoms with van der Waals surface area (Å²) in [5.41, 5.74) is 2.82. The zero-order valence-corrected chi connectivity index (χ0v) is 18.7. The maximum absolute atomic E-state index is 13.5. The number of halogens is 1. The van der Waals surface area contributed by atoms with Crippen molar-refractivity contribution in [3.05, 3.63) is 76.9 Å². The Morgan fingerprint density at radius 2 is 1.69 bits per heavy atom. The molecule has 0 aliphatic carbocycles. The highest BCUT2D eigenvalue weighted by Crippen LogP contribution is 2.28. The van der Waals surface area contributed by atoms with Crippen LogP contribution in [0.5, 0.6) is 0 Å². The minimum atomic E-state index is -0.952. The molecule has 0 amide bonds. The molecule has 32 heavy (non-hydrogen) atoms. The van der Waals surface area contributed by atoms with Crippen LogP contribution in [-0.2, 0) is 11.3 Å². The molecule has 3 aromatic rings. The number of hydrogen-bond donors (Lipinski definition) is 2. The summed E-state index contributed by atoms with van der Waals surface area (Å²) in [5, 5.41) is 25.3. The number of nitrogens with zero attached hydrogens (tertiary/aromatic N) is 4. The van der Waals surface area contributed by atoms with E-state index in [1.54, 1.807) is 16.8 Å². The Kier molecular flexibility index (Phi) is 8.05. The lowest BCUT2D eigenvalue weighted by molar-refractivity contribution is -0.137. The fraction of sp³-hybridized carbons (Fsp3) is 0.417. The Morgan fingerprint density at radius 1 is 1.06 bits per heavy atom. The summed E-state index contributed by atoms with van der Waals surface area (Å²) in [7, 11) is 0. The molecule has 7 nitrogen and oxygen atoms in total. The molecule has 0 saturated carbocycles. The van der Waals surface area contributed by atoms with Crippen LogP contribution in [-0.4, -0.2) is 31.3 Å². The molecule has 0 fully saturated rings. The fourth-order valence-electron chi connectivity index (χ4n) is 3.62. The van der Waals surface area contributed by atoms with Gasteiger partial charge in [-0.2, -0.15) is 0 Å². The van der Waals surface area contributed by atoms with Crippen LogP contribution >= 0.6 is 0 Å². The van der Waals surface area contributed by atoms with Gasteiger partial charge in [0, 0.05) is 12.6 Å². The summed E-state index contributed by atoms with van der Waals surface area (Å²) in [5.74, 6) is -0.309. The molecule has 0 aliphatic rings. The molecule has 0 bridgehead atoms. The Balaban J connectivity index is 2.01. The molecule has 0 spiro atoms. The maximum atomic E-state index is 13.5. The van der Waals surface area contributed by atoms with Crippen molar-refractivity contribution < 1.29 is 14.3 Å². The Bertz CT molecular complexity index is 1000. The molecule has 0 aliphatic heterocycles. The van der Waals surface area contributed by atoms with Gasteiger partial charge in [-0.15, -0.1) is 5.10 Å². The predicted octanol–water partition coefficient (Wildman–Crippen LogP) is 4.63. The van der Waals surface area contributed by atoms with E-state index in [2.05, 4.69) is 53.7 Å². The average molecular weight is 440 g/mol. The quantitative estimate of drug-likeness (QED) is 0.452. The number of aromatic nitrogens is 4. The second-order valence-electron chi connectivity index (χ2n) is 8.24. The van der Waals surface area contributed by atoms with E-state index in [-0.39, 0.29) is 12.2 Å². The molecule has 2 unspecified atom stereocenters. The summed E-state index contributed by atoms with van der Waals surface area (Å²) in [6, 6.07) is 13.1. The van der Waals surface area contributed by atoms with Crippen molar-refractivity contribution in [3.63, 3.8) is 0 Å². The lowest BCUT2D eigenvalue weighted by atomic mass is 9.96. The van der Waals surface area contributed by atoms with Crippen molar-refractivity contribution in [2.45, 2.75) is 64.6 Å². The van der Waals surface area contributed by atoms with Crippen LogP contribution in [0.2, 0.25) is 0 Å². The van der Waals surface area contributed by atoms with Gasteiger partial charge in [0.2, 0.25) is 0 Å². The van der Waals surface area contributed by atoms with Crippen LogP contribution in [0.4, 0.5) is 4.39 Å². The van der Waals surface area contributed by atoms with Crippen molar-refractivity contribution >= 4 is 5.97 Å². The summed E-state index contributed by atoms with van der Waals surface area (Å²) in [4.78, 5) is 11.6. The molecule has 1 aromatic heterocycles. The van der Waals surface area contributed by atoms with Crippen molar-refractivity contribution in [1.82, 2.24) is 25.5 Å². The monoisotopic (exact) mass is 439 g/mol. The molecule has 2 N–H and O–H groups in total. The largest absolute Gasteiger partial charge is 0.481 e. The van der Waals surface area contributed by atoms with Gasteiger partial charge in [-0.25, -0.2) is 9.07 Å². The third-order valence-corrected chi connectivity index (χ3v) is 5.50. The Morgan fingerprint density at radius 3 is 2.28 bits per heavy atom. The van der Waals surface area contributed by atoms with Gasteiger partial charge in [-0.05, 0) is 51.6 Å². The first kappa shape index (κ1) is 23.5. The van der Waals surface area contributed by atoms with Gasteiger partial charge < -0.3 is 5.11 Å². The minimum absolute atomic E-state index is 0.164. The molecule has 2 atom stereocenters. The minimum Gasteiger partial charge on any atom is -0.481 e. The predicted molar refractivity (Wildman–Crippen MR) is 120 cm³/mol. The van der Waals surface area contributed by atoms with Gasteiger partial charge in [-0.1, -0.05) is 63.6 Å². The number of aliphatic carboxylic acids is 1. The molecular weight excluding hydrogens is 409 g/mol. The number of carboxylic acid groups (broad SMARTS) is 1. The van der Waals surface area contributed by atoms with Gasteiger partial charge in [0.1, 0.15) is 5.82 Å². The second-order valence-corrected chi connectivity index (χ2v) is 8.24. The van der Waals surface area contributed by atoms with E-state index in [9.17, 15) is 14.3 Å². The van der Waals surface area contributed by atoms with Gasteiger partial charge in [0.15, 0.2) is 5.82 Å². The number of rotatable bonds is 11. The number of tetrazole rings is 1. The van der Waals surface area contributed by atoms with Crippen molar-refractivity contribution in [2.24, 2.45) is 0 Å². The first-order chi connectivity index (χ1) is 15.4. The zero-order chi connectivity index (χ0) is 23.1. The summed E-state index contributed by atoms with van der Waals surface area (Å²) < 4.78 is 15.2. The number of benzene rings is 2. The van der Waals surface area contributed by atoms with E-state index >= 15 is 0 Å². The summed E-state index contributed by atoms with van der Waals surface area (Å²) >= 11 is 0. The zero-order valence-electron chi connectivity index (χ0n) is 18.7. The van der Waals surface area contributed by atoms with E-state index in [1.807, 2.05) is 12.1 Å². The fourth-order valence-corrected chi connectivity index (χ4v) is 3.62. The molecule has 0 radical (unpaired) electrons. The molecule has 2 aromatic carbocycles. The van der Waals surface area contributed by atoms with Gasteiger partial charge in [-0.3, -0.25) is 10.1 Å². The van der Waals surface area contributed by atoms with E-state index in [0.29, 0.717) is 23.9 Å². The molecule has 0 saturated heterocycles. The van der Waals surface area contributed by atoms with Crippen LogP contribution in [0.25, 0.3) is 0 Å². The molecule has 3 rings (SSSR count). The lowest BCUT2D eigenvalue weighted by Crippen LogP contribution is -2.31. The second kappa shape index (κ2) is 10.9. The number of nitrogens with one attached hydrogen (secondary N) is 1. The normalized spacial score (nSPS) is 13.3. The highest BCUT2D eigenvalue weighted by atomic mass is 19.1. The molecule has 1 heterocycles. The Labute approximate surface area is 187 Å². The molecular formula is C24H30FN5O2.